The average Bonchev–Trinajstić information content (AvgIpc) is 3.26. The highest BCUT2D eigenvalue weighted by atomic mass is 16.5. The van der Waals surface area contributed by atoms with Crippen LogP contribution in [0.15, 0.2) is 60.7 Å². The summed E-state index contributed by atoms with van der Waals surface area (Å²) >= 11 is 0. The van der Waals surface area contributed by atoms with E-state index in [0.29, 0.717) is 30.2 Å². The molecule has 1 amide bonds. The van der Waals surface area contributed by atoms with Gasteiger partial charge in [0.2, 0.25) is 5.91 Å². The Labute approximate surface area is 226 Å². The Morgan fingerprint density at radius 3 is 2.13 bits per heavy atom. The number of carboxylic acids is 1. The van der Waals surface area contributed by atoms with Gasteiger partial charge in [-0.2, -0.15) is 0 Å². The minimum Gasteiger partial charge on any atom is -0.479 e. The van der Waals surface area contributed by atoms with Gasteiger partial charge < -0.3 is 15.2 Å². The number of piperidine rings is 1. The molecule has 1 heterocycles. The Morgan fingerprint density at radius 1 is 0.868 bits per heavy atom. The highest BCUT2D eigenvalue weighted by Crippen LogP contribution is 2.64. The third-order valence-corrected chi connectivity index (χ3v) is 11.2. The molecular weight excluding hydrogens is 474 g/mol. The lowest BCUT2D eigenvalue weighted by Crippen LogP contribution is -2.61. The van der Waals surface area contributed by atoms with Crippen molar-refractivity contribution < 1.29 is 19.4 Å². The quantitative estimate of drug-likeness (QED) is 0.482. The average molecular weight is 516 g/mol. The predicted molar refractivity (Wildman–Crippen MR) is 147 cm³/mol. The third-order valence-electron chi connectivity index (χ3n) is 11.2. The maximum Gasteiger partial charge on any atom is 0.333 e. The lowest BCUT2D eigenvalue weighted by atomic mass is 9.47. The van der Waals surface area contributed by atoms with Crippen molar-refractivity contribution in [2.75, 3.05) is 0 Å². The monoisotopic (exact) mass is 515 g/mol. The molecule has 4 unspecified atom stereocenters. The van der Waals surface area contributed by atoms with E-state index in [1.54, 1.807) is 0 Å². The summed E-state index contributed by atoms with van der Waals surface area (Å²) < 4.78 is 6.79. The Bertz CT molecular complexity index is 1130. The number of aliphatic carboxylic acids is 1. The minimum absolute atomic E-state index is 0.0199. The van der Waals surface area contributed by atoms with E-state index < -0.39 is 12.1 Å². The van der Waals surface area contributed by atoms with Crippen molar-refractivity contribution >= 4 is 11.9 Å². The van der Waals surface area contributed by atoms with Gasteiger partial charge in [-0.15, -0.1) is 0 Å². The number of hydrogen-bond acceptors (Lipinski definition) is 3. The van der Waals surface area contributed by atoms with Crippen LogP contribution in [0, 0.1) is 28.6 Å². The summed E-state index contributed by atoms with van der Waals surface area (Å²) in [5, 5.41) is 13.8. The van der Waals surface area contributed by atoms with Gasteiger partial charge in [-0.3, -0.25) is 4.79 Å². The van der Waals surface area contributed by atoms with Gasteiger partial charge in [0.15, 0.2) is 6.10 Å². The van der Waals surface area contributed by atoms with Crippen LogP contribution in [0.1, 0.15) is 82.3 Å². The SMILES string of the molecule is C[C@]12CCC3C(CC[C@H]4NC(=O)CC[C@]34C)C1CC[C@@H]2OC(C(=O)O)C(c1ccccc1)c1ccccc1. The normalized spacial score (nSPS) is 37.0. The molecule has 2 N–H and O–H groups in total. The van der Waals surface area contributed by atoms with Crippen molar-refractivity contribution in [3.63, 3.8) is 0 Å². The van der Waals surface area contributed by atoms with Crippen molar-refractivity contribution in [2.24, 2.45) is 28.6 Å². The predicted octanol–water partition coefficient (Wildman–Crippen LogP) is 6.18. The van der Waals surface area contributed by atoms with Crippen LogP contribution in [0.3, 0.4) is 0 Å². The van der Waals surface area contributed by atoms with Crippen LogP contribution >= 0.6 is 0 Å². The molecule has 6 rings (SSSR count). The van der Waals surface area contributed by atoms with Gasteiger partial charge in [0.25, 0.3) is 0 Å². The van der Waals surface area contributed by atoms with Gasteiger partial charge in [-0.05, 0) is 84.7 Å². The molecule has 2 aromatic carbocycles. The standard InChI is InChI=1S/C33H41NO4/c1-32-20-18-28(35)34-26(32)15-13-23-24-14-16-27(33(24,2)19-17-25(23)32)38-30(31(36)37)29(21-9-5-3-6-10-21)22-11-7-4-8-12-22/h3-12,23-27,29-30H,13-20H2,1-2H3,(H,34,35)(H,36,37)/t23?,24?,25?,26-,27+,30?,32-,33+/m1/s1. The fourth-order valence-corrected chi connectivity index (χ4v) is 9.20. The number of hydrogen-bond donors (Lipinski definition) is 2. The van der Waals surface area contributed by atoms with Gasteiger partial charge in [-0.1, -0.05) is 74.5 Å². The molecule has 4 aliphatic rings. The number of fused-ring (bicyclic) bond motifs is 5. The second-order valence-electron chi connectivity index (χ2n) is 12.9. The number of carbonyl (C=O) groups excluding carboxylic acids is 1. The summed E-state index contributed by atoms with van der Waals surface area (Å²) in [7, 11) is 0. The maximum absolute atomic E-state index is 12.8. The van der Waals surface area contributed by atoms with Crippen LogP contribution in [-0.2, 0) is 14.3 Å². The fraction of sp³-hybridized carbons (Fsp3) is 0.576. The van der Waals surface area contributed by atoms with Crippen molar-refractivity contribution in [1.82, 2.24) is 5.32 Å². The van der Waals surface area contributed by atoms with Gasteiger partial charge in [0.05, 0.1) is 6.10 Å². The number of nitrogens with one attached hydrogen (secondary N) is 1. The summed E-state index contributed by atoms with van der Waals surface area (Å²) in [6.45, 7) is 4.80. The number of carboxylic acid groups (broad SMARTS) is 1. The van der Waals surface area contributed by atoms with Gasteiger partial charge in [0.1, 0.15) is 0 Å². The molecule has 5 heteroatoms. The van der Waals surface area contributed by atoms with E-state index in [0.717, 1.165) is 56.1 Å². The lowest BCUT2D eigenvalue weighted by molar-refractivity contribution is -0.168. The van der Waals surface area contributed by atoms with E-state index in [9.17, 15) is 14.7 Å². The number of ether oxygens (including phenoxy) is 1. The molecule has 5 nitrogen and oxygen atoms in total. The molecule has 4 fully saturated rings. The van der Waals surface area contributed by atoms with Gasteiger partial charge in [-0.25, -0.2) is 4.79 Å². The molecule has 202 valence electrons. The van der Waals surface area contributed by atoms with Crippen LogP contribution in [0.2, 0.25) is 0 Å². The van der Waals surface area contributed by atoms with Crippen molar-refractivity contribution in [2.45, 2.75) is 89.4 Å². The van der Waals surface area contributed by atoms with E-state index >= 15 is 0 Å². The molecular formula is C33H41NO4. The zero-order chi connectivity index (χ0) is 26.5. The Morgan fingerprint density at radius 2 is 1.50 bits per heavy atom. The molecule has 3 saturated carbocycles. The number of rotatable bonds is 6. The highest BCUT2D eigenvalue weighted by Gasteiger charge is 2.61. The lowest BCUT2D eigenvalue weighted by Gasteiger charge is -2.60. The molecule has 1 saturated heterocycles. The van der Waals surface area contributed by atoms with E-state index in [1.807, 2.05) is 60.7 Å². The van der Waals surface area contributed by atoms with E-state index in [2.05, 4.69) is 19.2 Å². The summed E-state index contributed by atoms with van der Waals surface area (Å²) in [5.74, 6) is 0.745. The topological polar surface area (TPSA) is 75.6 Å². The molecule has 0 bridgehead atoms. The smallest absolute Gasteiger partial charge is 0.333 e. The second-order valence-corrected chi connectivity index (χ2v) is 12.9. The largest absolute Gasteiger partial charge is 0.479 e. The molecule has 0 spiro atoms. The number of carbonyl (C=O) groups is 2. The molecule has 2 aromatic rings. The minimum atomic E-state index is -0.945. The first-order valence-corrected chi connectivity index (χ1v) is 14.6. The van der Waals surface area contributed by atoms with Crippen molar-refractivity contribution in [3.8, 4) is 0 Å². The molecule has 0 radical (unpaired) electrons. The van der Waals surface area contributed by atoms with Gasteiger partial charge >= 0.3 is 5.97 Å². The summed E-state index contributed by atoms with van der Waals surface area (Å²) in [6.07, 6.45) is 7.05. The third kappa shape index (κ3) is 4.18. The maximum atomic E-state index is 12.8. The summed E-state index contributed by atoms with van der Waals surface area (Å²) in [4.78, 5) is 25.0. The summed E-state index contributed by atoms with van der Waals surface area (Å²) in [6, 6.07) is 20.2. The van der Waals surface area contributed by atoms with E-state index in [-0.39, 0.29) is 28.8 Å². The van der Waals surface area contributed by atoms with Gasteiger partial charge in [0, 0.05) is 18.4 Å². The summed E-state index contributed by atoms with van der Waals surface area (Å²) in [5.41, 5.74) is 2.10. The molecule has 8 atom stereocenters. The first-order chi connectivity index (χ1) is 18.3. The molecule has 1 aliphatic heterocycles. The zero-order valence-corrected chi connectivity index (χ0v) is 22.6. The fourth-order valence-electron chi connectivity index (χ4n) is 9.20. The van der Waals surface area contributed by atoms with E-state index in [4.69, 9.17) is 4.74 Å². The second kappa shape index (κ2) is 9.82. The highest BCUT2D eigenvalue weighted by molar-refractivity contribution is 5.77. The Hall–Kier alpha value is -2.66. The zero-order valence-electron chi connectivity index (χ0n) is 22.6. The van der Waals surface area contributed by atoms with Crippen LogP contribution in [0.4, 0.5) is 0 Å². The Kier molecular flexibility index (Phi) is 6.62. The first-order valence-electron chi connectivity index (χ1n) is 14.6. The first kappa shape index (κ1) is 25.6. The molecule has 38 heavy (non-hydrogen) atoms. The van der Waals surface area contributed by atoms with Crippen LogP contribution in [-0.4, -0.2) is 35.2 Å². The Balaban J connectivity index is 1.27. The van der Waals surface area contributed by atoms with E-state index in [1.165, 1.54) is 0 Å². The van der Waals surface area contributed by atoms with Crippen LogP contribution in [0.5, 0.6) is 0 Å². The van der Waals surface area contributed by atoms with Crippen LogP contribution < -0.4 is 5.32 Å². The van der Waals surface area contributed by atoms with Crippen molar-refractivity contribution in [1.29, 1.82) is 0 Å². The van der Waals surface area contributed by atoms with Crippen molar-refractivity contribution in [3.05, 3.63) is 71.8 Å². The molecule has 0 aromatic heterocycles. The van der Waals surface area contributed by atoms with Crippen LogP contribution in [0.25, 0.3) is 0 Å². The number of benzene rings is 2. The number of amides is 1. The molecule has 3 aliphatic carbocycles.